The minimum Gasteiger partial charge on any atom is -0.399 e. The summed E-state index contributed by atoms with van der Waals surface area (Å²) in [5.74, 6) is 0. The molecule has 1 heterocycles. The number of benzene rings is 1. The molecule has 18 heavy (non-hydrogen) atoms. The van der Waals surface area contributed by atoms with Crippen LogP contribution in [0, 0.1) is 13.8 Å². The van der Waals surface area contributed by atoms with Gasteiger partial charge in [-0.1, -0.05) is 12.2 Å². The van der Waals surface area contributed by atoms with Crippen molar-refractivity contribution in [2.45, 2.75) is 25.2 Å². The largest absolute Gasteiger partial charge is 0.399 e. The molecule has 2 rings (SSSR count). The fourth-order valence-corrected chi connectivity index (χ4v) is 3.84. The highest BCUT2D eigenvalue weighted by Crippen LogP contribution is 2.26. The molecule has 0 spiro atoms. The van der Waals surface area contributed by atoms with Gasteiger partial charge in [-0.3, -0.25) is 0 Å². The summed E-state index contributed by atoms with van der Waals surface area (Å²) >= 11 is 0. The first-order chi connectivity index (χ1) is 8.43. The van der Waals surface area contributed by atoms with E-state index in [2.05, 4.69) is 0 Å². The van der Waals surface area contributed by atoms with Crippen molar-refractivity contribution in [2.24, 2.45) is 0 Å². The van der Waals surface area contributed by atoms with Gasteiger partial charge in [0, 0.05) is 18.8 Å². The van der Waals surface area contributed by atoms with Gasteiger partial charge < -0.3 is 5.73 Å². The van der Waals surface area contributed by atoms with Crippen LogP contribution in [0.4, 0.5) is 5.69 Å². The second kappa shape index (κ2) is 4.74. The molecule has 1 aliphatic rings. The first kappa shape index (κ1) is 13.1. The molecule has 0 aromatic heterocycles. The van der Waals surface area contributed by atoms with Crippen LogP contribution in [0.5, 0.6) is 0 Å². The van der Waals surface area contributed by atoms with E-state index in [1.807, 2.05) is 26.0 Å². The van der Waals surface area contributed by atoms with E-state index < -0.39 is 10.0 Å². The highest BCUT2D eigenvalue weighted by Gasteiger charge is 2.26. The van der Waals surface area contributed by atoms with Gasteiger partial charge in [0.1, 0.15) is 0 Å². The molecular formula is C13H18N2O2S. The van der Waals surface area contributed by atoms with Crippen molar-refractivity contribution in [3.63, 3.8) is 0 Å². The normalized spacial score (nSPS) is 17.0. The van der Waals surface area contributed by atoms with Crippen LogP contribution in [0.15, 0.2) is 29.2 Å². The maximum Gasteiger partial charge on any atom is 0.243 e. The molecule has 0 unspecified atom stereocenters. The standard InChI is InChI=1S/C13H18N2O2S/c1-10-8-12(14)9-13(11(10)2)18(16,17)15-6-4-3-5-7-15/h3-4,8-9H,5-7,14H2,1-2H3. The van der Waals surface area contributed by atoms with E-state index in [1.165, 1.54) is 4.31 Å². The van der Waals surface area contributed by atoms with Crippen molar-refractivity contribution < 1.29 is 8.42 Å². The average Bonchev–Trinajstić information content (AvgIpc) is 2.34. The second-order valence-electron chi connectivity index (χ2n) is 4.58. The summed E-state index contributed by atoms with van der Waals surface area (Å²) in [6.07, 6.45) is 4.65. The molecule has 0 saturated carbocycles. The third-order valence-corrected chi connectivity index (χ3v) is 5.27. The van der Waals surface area contributed by atoms with Crippen molar-refractivity contribution in [1.82, 2.24) is 4.31 Å². The Morgan fingerprint density at radius 1 is 1.22 bits per heavy atom. The maximum atomic E-state index is 12.5. The fraction of sp³-hybridized carbons (Fsp3) is 0.385. The van der Waals surface area contributed by atoms with Crippen LogP contribution in [-0.4, -0.2) is 25.8 Å². The Morgan fingerprint density at radius 2 is 1.94 bits per heavy atom. The molecule has 0 radical (unpaired) electrons. The average molecular weight is 266 g/mol. The minimum absolute atomic E-state index is 0.329. The molecule has 0 aliphatic carbocycles. The molecule has 4 nitrogen and oxygen atoms in total. The van der Waals surface area contributed by atoms with Crippen LogP contribution in [0.25, 0.3) is 0 Å². The van der Waals surface area contributed by atoms with E-state index in [4.69, 9.17) is 5.73 Å². The fourth-order valence-electron chi connectivity index (χ4n) is 2.10. The highest BCUT2D eigenvalue weighted by molar-refractivity contribution is 7.89. The summed E-state index contributed by atoms with van der Waals surface area (Å²) in [4.78, 5) is 0.329. The maximum absolute atomic E-state index is 12.5. The van der Waals surface area contributed by atoms with E-state index in [0.29, 0.717) is 23.7 Å². The monoisotopic (exact) mass is 266 g/mol. The van der Waals surface area contributed by atoms with Crippen molar-refractivity contribution in [3.8, 4) is 0 Å². The zero-order valence-electron chi connectivity index (χ0n) is 10.7. The van der Waals surface area contributed by atoms with Gasteiger partial charge in [0.05, 0.1) is 4.90 Å². The van der Waals surface area contributed by atoms with Crippen LogP contribution < -0.4 is 5.73 Å². The van der Waals surface area contributed by atoms with Crippen molar-refractivity contribution >= 4 is 15.7 Å². The first-order valence-electron chi connectivity index (χ1n) is 5.95. The summed E-state index contributed by atoms with van der Waals surface area (Å²) < 4.78 is 26.6. The second-order valence-corrected chi connectivity index (χ2v) is 6.49. The predicted octanol–water partition coefficient (Wildman–Crippen LogP) is 1.84. The quantitative estimate of drug-likeness (QED) is 0.656. The van der Waals surface area contributed by atoms with Crippen LogP contribution in [0.3, 0.4) is 0 Å². The van der Waals surface area contributed by atoms with Gasteiger partial charge in [-0.05, 0) is 43.5 Å². The molecule has 1 aromatic carbocycles. The molecule has 2 N–H and O–H groups in total. The van der Waals surface area contributed by atoms with Crippen LogP contribution in [0.1, 0.15) is 17.5 Å². The minimum atomic E-state index is -3.44. The van der Waals surface area contributed by atoms with E-state index in [-0.39, 0.29) is 0 Å². The zero-order chi connectivity index (χ0) is 13.3. The molecule has 0 amide bonds. The number of nitrogens with zero attached hydrogens (tertiary/aromatic N) is 1. The van der Waals surface area contributed by atoms with Gasteiger partial charge in [0.2, 0.25) is 10.0 Å². The number of anilines is 1. The third kappa shape index (κ3) is 2.28. The number of sulfonamides is 1. The predicted molar refractivity (Wildman–Crippen MR) is 72.8 cm³/mol. The van der Waals surface area contributed by atoms with Crippen molar-refractivity contribution in [3.05, 3.63) is 35.4 Å². The summed E-state index contributed by atoms with van der Waals surface area (Å²) in [6.45, 7) is 4.67. The van der Waals surface area contributed by atoms with E-state index >= 15 is 0 Å². The Hall–Kier alpha value is -1.33. The lowest BCUT2D eigenvalue weighted by molar-refractivity contribution is 0.437. The summed E-state index contributed by atoms with van der Waals surface area (Å²) in [5.41, 5.74) is 7.93. The Bertz CT molecular complexity index is 591. The van der Waals surface area contributed by atoms with Gasteiger partial charge in [-0.2, -0.15) is 4.31 Å². The lowest BCUT2D eigenvalue weighted by Crippen LogP contribution is -2.34. The molecule has 98 valence electrons. The summed E-state index contributed by atoms with van der Waals surface area (Å²) in [5, 5.41) is 0. The van der Waals surface area contributed by atoms with Crippen molar-refractivity contribution in [2.75, 3.05) is 18.8 Å². The molecular weight excluding hydrogens is 248 g/mol. The molecule has 1 aromatic rings. The summed E-state index contributed by atoms with van der Waals surface area (Å²) in [7, 11) is -3.44. The molecule has 0 saturated heterocycles. The molecule has 0 bridgehead atoms. The lowest BCUT2D eigenvalue weighted by Gasteiger charge is -2.24. The van der Waals surface area contributed by atoms with Crippen LogP contribution in [0.2, 0.25) is 0 Å². The Kier molecular flexibility index (Phi) is 3.45. The van der Waals surface area contributed by atoms with Crippen LogP contribution in [-0.2, 0) is 10.0 Å². The van der Waals surface area contributed by atoms with Gasteiger partial charge >= 0.3 is 0 Å². The molecule has 0 fully saturated rings. The SMILES string of the molecule is Cc1cc(N)cc(S(=O)(=O)N2CC=CCC2)c1C. The van der Waals surface area contributed by atoms with Gasteiger partial charge in [-0.25, -0.2) is 8.42 Å². The topological polar surface area (TPSA) is 63.4 Å². The number of nitrogens with two attached hydrogens (primary N) is 1. The van der Waals surface area contributed by atoms with Gasteiger partial charge in [0.15, 0.2) is 0 Å². The summed E-state index contributed by atoms with van der Waals surface area (Å²) in [6, 6.07) is 3.35. The molecule has 5 heteroatoms. The Morgan fingerprint density at radius 3 is 2.56 bits per heavy atom. The van der Waals surface area contributed by atoms with Gasteiger partial charge in [0.25, 0.3) is 0 Å². The Balaban J connectivity index is 2.50. The Labute approximate surface area is 108 Å². The smallest absolute Gasteiger partial charge is 0.243 e. The third-order valence-electron chi connectivity index (χ3n) is 3.28. The van der Waals surface area contributed by atoms with Crippen LogP contribution >= 0.6 is 0 Å². The lowest BCUT2D eigenvalue weighted by atomic mass is 10.1. The first-order valence-corrected chi connectivity index (χ1v) is 7.39. The number of hydrogen-bond donors (Lipinski definition) is 1. The number of rotatable bonds is 2. The molecule has 1 aliphatic heterocycles. The number of nitrogen functional groups attached to an aromatic ring is 1. The van der Waals surface area contributed by atoms with E-state index in [1.54, 1.807) is 12.1 Å². The number of hydrogen-bond acceptors (Lipinski definition) is 3. The van der Waals surface area contributed by atoms with E-state index in [9.17, 15) is 8.42 Å². The number of aryl methyl sites for hydroxylation is 1. The van der Waals surface area contributed by atoms with Gasteiger partial charge in [-0.15, -0.1) is 0 Å². The highest BCUT2D eigenvalue weighted by atomic mass is 32.2. The van der Waals surface area contributed by atoms with Crippen molar-refractivity contribution in [1.29, 1.82) is 0 Å². The molecule has 0 atom stereocenters. The zero-order valence-corrected chi connectivity index (χ0v) is 11.5. The van der Waals surface area contributed by atoms with E-state index in [0.717, 1.165) is 17.5 Å².